The van der Waals surface area contributed by atoms with Gasteiger partial charge in [0.05, 0.1) is 13.2 Å². The first kappa shape index (κ1) is 17.7. The molecule has 2 atom stereocenters. The van der Waals surface area contributed by atoms with Crippen LogP contribution in [0.2, 0.25) is 0 Å². The minimum Gasteiger partial charge on any atom is -0.371 e. The highest BCUT2D eigenvalue weighted by Crippen LogP contribution is 2.38. The second-order valence-corrected chi connectivity index (χ2v) is 7.82. The van der Waals surface area contributed by atoms with E-state index in [1.165, 1.54) is 5.56 Å². The Kier molecular flexibility index (Phi) is 5.11. The molecule has 0 N–H and O–H groups in total. The molecule has 5 heteroatoms. The highest BCUT2D eigenvalue weighted by Gasteiger charge is 2.50. The van der Waals surface area contributed by atoms with Crippen molar-refractivity contribution in [1.29, 1.82) is 0 Å². The molecule has 1 spiro atoms. The van der Waals surface area contributed by atoms with Gasteiger partial charge in [0.1, 0.15) is 17.5 Å². The maximum absolute atomic E-state index is 6.36. The van der Waals surface area contributed by atoms with Gasteiger partial charge >= 0.3 is 0 Å². The minimum absolute atomic E-state index is 0.118. The zero-order valence-electron chi connectivity index (χ0n) is 15.8. The fourth-order valence-electron chi connectivity index (χ4n) is 4.28. The second kappa shape index (κ2) is 7.51. The summed E-state index contributed by atoms with van der Waals surface area (Å²) in [5.74, 6) is 1.12. The van der Waals surface area contributed by atoms with Crippen molar-refractivity contribution < 1.29 is 9.47 Å². The molecule has 26 heavy (non-hydrogen) atoms. The van der Waals surface area contributed by atoms with Gasteiger partial charge in [-0.25, -0.2) is 4.98 Å². The molecule has 2 aliphatic rings. The van der Waals surface area contributed by atoms with E-state index in [1.807, 2.05) is 12.3 Å². The molecule has 140 valence electrons. The van der Waals surface area contributed by atoms with Crippen LogP contribution in [0, 0.1) is 0 Å². The summed E-state index contributed by atoms with van der Waals surface area (Å²) in [5.41, 5.74) is 1.07. The molecule has 0 unspecified atom stereocenters. The SMILES string of the molecule is CC(C)n1ccnc1CN1C[C@H](OCc2ccccc2)[C@]2(CCCO2)C1. The van der Waals surface area contributed by atoms with Crippen molar-refractivity contribution in [1.82, 2.24) is 14.5 Å². The Hall–Kier alpha value is -1.69. The van der Waals surface area contributed by atoms with Gasteiger partial charge < -0.3 is 14.0 Å². The third kappa shape index (κ3) is 3.56. The minimum atomic E-state index is -0.149. The summed E-state index contributed by atoms with van der Waals surface area (Å²) < 4.78 is 14.8. The normalized spacial score (nSPS) is 26.3. The number of hydrogen-bond acceptors (Lipinski definition) is 4. The molecule has 2 saturated heterocycles. The van der Waals surface area contributed by atoms with E-state index in [9.17, 15) is 0 Å². The molecule has 2 fully saturated rings. The van der Waals surface area contributed by atoms with Crippen LogP contribution in [0.3, 0.4) is 0 Å². The van der Waals surface area contributed by atoms with Crippen molar-refractivity contribution in [3.05, 3.63) is 54.1 Å². The number of aromatic nitrogens is 2. The molecule has 0 saturated carbocycles. The van der Waals surface area contributed by atoms with Crippen LogP contribution in [0.5, 0.6) is 0 Å². The standard InChI is InChI=1S/C21H29N3O2/c1-17(2)24-11-10-22-20(24)14-23-13-19(21(16-23)9-6-12-26-21)25-15-18-7-4-3-5-8-18/h3-5,7-8,10-11,17,19H,6,9,12-16H2,1-2H3/t19-,21-/m0/s1. The predicted molar refractivity (Wildman–Crippen MR) is 101 cm³/mol. The van der Waals surface area contributed by atoms with Crippen LogP contribution in [0.25, 0.3) is 0 Å². The van der Waals surface area contributed by atoms with Crippen LogP contribution < -0.4 is 0 Å². The number of imidazole rings is 1. The number of ether oxygens (including phenoxy) is 2. The largest absolute Gasteiger partial charge is 0.371 e. The van der Waals surface area contributed by atoms with E-state index in [0.29, 0.717) is 12.6 Å². The molecule has 0 aliphatic carbocycles. The van der Waals surface area contributed by atoms with E-state index in [2.05, 4.69) is 58.8 Å². The molecule has 2 aliphatic heterocycles. The maximum Gasteiger partial charge on any atom is 0.123 e. The summed E-state index contributed by atoms with van der Waals surface area (Å²) in [6, 6.07) is 10.8. The van der Waals surface area contributed by atoms with Gasteiger partial charge in [0, 0.05) is 38.1 Å². The highest BCUT2D eigenvalue weighted by molar-refractivity contribution is 5.14. The van der Waals surface area contributed by atoms with Crippen molar-refractivity contribution in [2.45, 2.75) is 57.6 Å². The summed E-state index contributed by atoms with van der Waals surface area (Å²) in [4.78, 5) is 7.02. The smallest absolute Gasteiger partial charge is 0.123 e. The molecule has 1 aromatic heterocycles. The van der Waals surface area contributed by atoms with Crippen LogP contribution in [0.4, 0.5) is 0 Å². The van der Waals surface area contributed by atoms with Crippen LogP contribution in [0.1, 0.15) is 44.1 Å². The van der Waals surface area contributed by atoms with Gasteiger partial charge in [0.25, 0.3) is 0 Å². The average molecular weight is 355 g/mol. The van der Waals surface area contributed by atoms with Gasteiger partial charge in [0.2, 0.25) is 0 Å². The van der Waals surface area contributed by atoms with Crippen molar-refractivity contribution in [3.63, 3.8) is 0 Å². The monoisotopic (exact) mass is 355 g/mol. The van der Waals surface area contributed by atoms with Gasteiger partial charge in [-0.15, -0.1) is 0 Å². The van der Waals surface area contributed by atoms with Gasteiger partial charge in [0.15, 0.2) is 0 Å². The number of hydrogen-bond donors (Lipinski definition) is 0. The fraction of sp³-hybridized carbons (Fsp3) is 0.571. The molecular formula is C21H29N3O2. The molecule has 2 aromatic rings. The molecule has 1 aromatic carbocycles. The molecule has 0 amide bonds. The quantitative estimate of drug-likeness (QED) is 0.796. The fourth-order valence-corrected chi connectivity index (χ4v) is 4.28. The topological polar surface area (TPSA) is 39.5 Å². The zero-order chi connectivity index (χ0) is 18.0. The number of nitrogens with zero attached hydrogens (tertiary/aromatic N) is 3. The highest BCUT2D eigenvalue weighted by atomic mass is 16.6. The van der Waals surface area contributed by atoms with Crippen LogP contribution in [-0.4, -0.2) is 45.9 Å². The Bertz CT molecular complexity index is 707. The van der Waals surface area contributed by atoms with Crippen molar-refractivity contribution in [2.24, 2.45) is 0 Å². The summed E-state index contributed by atoms with van der Waals surface area (Å²) in [7, 11) is 0. The molecule has 3 heterocycles. The van der Waals surface area contributed by atoms with Gasteiger partial charge in [-0.2, -0.15) is 0 Å². The van der Waals surface area contributed by atoms with Crippen LogP contribution >= 0.6 is 0 Å². The lowest BCUT2D eigenvalue weighted by Crippen LogP contribution is -2.42. The summed E-state index contributed by atoms with van der Waals surface area (Å²) >= 11 is 0. The first-order valence-electron chi connectivity index (χ1n) is 9.70. The van der Waals surface area contributed by atoms with E-state index >= 15 is 0 Å². The van der Waals surface area contributed by atoms with Crippen LogP contribution in [0.15, 0.2) is 42.7 Å². The summed E-state index contributed by atoms with van der Waals surface area (Å²) in [5, 5.41) is 0. The molecule has 0 radical (unpaired) electrons. The van der Waals surface area contributed by atoms with E-state index in [0.717, 1.165) is 44.9 Å². The van der Waals surface area contributed by atoms with Crippen molar-refractivity contribution >= 4 is 0 Å². The third-order valence-electron chi connectivity index (χ3n) is 5.60. The number of likely N-dealkylation sites (tertiary alicyclic amines) is 1. The van der Waals surface area contributed by atoms with Crippen LogP contribution in [-0.2, 0) is 22.6 Å². The van der Waals surface area contributed by atoms with E-state index in [4.69, 9.17) is 9.47 Å². The van der Waals surface area contributed by atoms with Gasteiger partial charge in [-0.3, -0.25) is 4.90 Å². The Morgan fingerprint density at radius 1 is 1.31 bits per heavy atom. The van der Waals surface area contributed by atoms with E-state index in [-0.39, 0.29) is 11.7 Å². The molecule has 0 bridgehead atoms. The average Bonchev–Trinajstić information content (AvgIpc) is 3.36. The van der Waals surface area contributed by atoms with E-state index in [1.54, 1.807) is 0 Å². The Morgan fingerprint density at radius 2 is 2.15 bits per heavy atom. The first-order chi connectivity index (χ1) is 12.7. The summed E-state index contributed by atoms with van der Waals surface area (Å²) in [6.07, 6.45) is 6.30. The summed E-state index contributed by atoms with van der Waals surface area (Å²) in [6.45, 7) is 8.56. The predicted octanol–water partition coefficient (Wildman–Crippen LogP) is 3.41. The maximum atomic E-state index is 6.36. The Labute approximate surface area is 155 Å². The molecule has 5 nitrogen and oxygen atoms in total. The second-order valence-electron chi connectivity index (χ2n) is 7.82. The van der Waals surface area contributed by atoms with Gasteiger partial charge in [-0.1, -0.05) is 30.3 Å². The lowest BCUT2D eigenvalue weighted by molar-refractivity contribution is -0.0959. The van der Waals surface area contributed by atoms with Crippen molar-refractivity contribution in [2.75, 3.05) is 19.7 Å². The Morgan fingerprint density at radius 3 is 2.88 bits per heavy atom. The van der Waals surface area contributed by atoms with E-state index < -0.39 is 0 Å². The number of rotatable bonds is 6. The number of benzene rings is 1. The zero-order valence-corrected chi connectivity index (χ0v) is 15.8. The van der Waals surface area contributed by atoms with Gasteiger partial charge in [-0.05, 0) is 32.3 Å². The molecular weight excluding hydrogens is 326 g/mol. The third-order valence-corrected chi connectivity index (χ3v) is 5.60. The first-order valence-corrected chi connectivity index (χ1v) is 9.70. The lowest BCUT2D eigenvalue weighted by atomic mass is 9.96. The van der Waals surface area contributed by atoms with Crippen molar-refractivity contribution in [3.8, 4) is 0 Å². The molecule has 4 rings (SSSR count). The lowest BCUT2D eigenvalue weighted by Gasteiger charge is -2.29. The Balaban J connectivity index is 1.45.